The Kier molecular flexibility index (Phi) is 5.30. The number of unbranched alkanes of at least 4 members (excludes halogenated alkanes) is 1. The monoisotopic (exact) mass is 238 g/mol. The van der Waals surface area contributed by atoms with Crippen LogP contribution in [0.3, 0.4) is 0 Å². The zero-order valence-electron chi connectivity index (χ0n) is 11.8. The molecule has 2 fully saturated rings. The van der Waals surface area contributed by atoms with Crippen molar-refractivity contribution in [3.8, 4) is 0 Å². The van der Waals surface area contributed by atoms with Crippen LogP contribution in [0.5, 0.6) is 0 Å². The van der Waals surface area contributed by atoms with Crippen molar-refractivity contribution in [2.75, 3.05) is 26.2 Å². The summed E-state index contributed by atoms with van der Waals surface area (Å²) < 4.78 is 0. The Labute approximate surface area is 107 Å². The van der Waals surface area contributed by atoms with Gasteiger partial charge in [0.15, 0.2) is 0 Å². The Bertz CT molecular complexity index is 217. The Hall–Kier alpha value is -0.0800. The van der Waals surface area contributed by atoms with E-state index >= 15 is 0 Å². The quantitative estimate of drug-likeness (QED) is 0.701. The van der Waals surface area contributed by atoms with Crippen LogP contribution in [0.15, 0.2) is 0 Å². The molecule has 17 heavy (non-hydrogen) atoms. The molecule has 0 saturated carbocycles. The fraction of sp³-hybridized carbons (Fsp3) is 1.00. The van der Waals surface area contributed by atoms with E-state index in [2.05, 4.69) is 23.6 Å². The SMILES string of the molecule is CCCCC(CCC)N1CCN2CCCC2C1. The van der Waals surface area contributed by atoms with Gasteiger partial charge in [-0.05, 0) is 32.2 Å². The number of fused-ring (bicyclic) bond motifs is 1. The highest BCUT2D eigenvalue weighted by atomic mass is 15.3. The lowest BCUT2D eigenvalue weighted by molar-refractivity contribution is 0.0638. The number of hydrogen-bond donors (Lipinski definition) is 0. The van der Waals surface area contributed by atoms with Crippen molar-refractivity contribution in [1.29, 1.82) is 0 Å². The van der Waals surface area contributed by atoms with E-state index in [1.54, 1.807) is 0 Å². The maximum atomic E-state index is 2.81. The van der Waals surface area contributed by atoms with E-state index < -0.39 is 0 Å². The van der Waals surface area contributed by atoms with Crippen LogP contribution < -0.4 is 0 Å². The van der Waals surface area contributed by atoms with Crippen LogP contribution in [-0.2, 0) is 0 Å². The summed E-state index contributed by atoms with van der Waals surface area (Å²) in [5, 5.41) is 0. The van der Waals surface area contributed by atoms with Crippen LogP contribution in [0.25, 0.3) is 0 Å². The van der Waals surface area contributed by atoms with Crippen LogP contribution in [-0.4, -0.2) is 48.1 Å². The molecule has 0 aliphatic carbocycles. The fourth-order valence-corrected chi connectivity index (χ4v) is 3.63. The molecule has 2 rings (SSSR count). The van der Waals surface area contributed by atoms with E-state index in [1.165, 1.54) is 71.1 Å². The minimum absolute atomic E-state index is 0.877. The smallest absolute Gasteiger partial charge is 0.0224 e. The zero-order chi connectivity index (χ0) is 12.1. The average molecular weight is 238 g/mol. The largest absolute Gasteiger partial charge is 0.298 e. The van der Waals surface area contributed by atoms with Crippen molar-refractivity contribution >= 4 is 0 Å². The molecule has 0 amide bonds. The van der Waals surface area contributed by atoms with Gasteiger partial charge < -0.3 is 0 Å². The molecular formula is C15H30N2. The number of hydrogen-bond acceptors (Lipinski definition) is 2. The third kappa shape index (κ3) is 3.45. The van der Waals surface area contributed by atoms with E-state index in [9.17, 15) is 0 Å². The molecule has 0 aromatic carbocycles. The minimum atomic E-state index is 0.877. The molecule has 2 heteroatoms. The lowest BCUT2D eigenvalue weighted by Gasteiger charge is -2.41. The van der Waals surface area contributed by atoms with E-state index in [-0.39, 0.29) is 0 Å². The molecule has 100 valence electrons. The number of rotatable bonds is 6. The molecule has 0 aromatic rings. The van der Waals surface area contributed by atoms with Gasteiger partial charge in [0.2, 0.25) is 0 Å². The average Bonchev–Trinajstić information content (AvgIpc) is 2.81. The van der Waals surface area contributed by atoms with Crippen LogP contribution >= 0.6 is 0 Å². The topological polar surface area (TPSA) is 6.48 Å². The molecule has 2 aliphatic heterocycles. The van der Waals surface area contributed by atoms with Gasteiger partial charge in [-0.25, -0.2) is 0 Å². The molecule has 2 unspecified atom stereocenters. The van der Waals surface area contributed by atoms with E-state index in [0.717, 1.165) is 12.1 Å². The third-order valence-corrected chi connectivity index (χ3v) is 4.65. The van der Waals surface area contributed by atoms with E-state index in [1.807, 2.05) is 0 Å². The highest BCUT2D eigenvalue weighted by molar-refractivity contribution is 4.89. The van der Waals surface area contributed by atoms with Gasteiger partial charge in [0, 0.05) is 31.7 Å². The van der Waals surface area contributed by atoms with Crippen molar-refractivity contribution in [2.45, 2.75) is 70.9 Å². The first kappa shape index (κ1) is 13.4. The molecule has 2 nitrogen and oxygen atoms in total. The Morgan fingerprint density at radius 1 is 1.06 bits per heavy atom. The van der Waals surface area contributed by atoms with Crippen molar-refractivity contribution < 1.29 is 0 Å². The standard InChI is InChI=1S/C15H30N2/c1-3-5-8-14(7-4-2)17-12-11-16-10-6-9-15(16)13-17/h14-15H,3-13H2,1-2H3. The van der Waals surface area contributed by atoms with Crippen molar-refractivity contribution in [3.63, 3.8) is 0 Å². The molecule has 2 atom stereocenters. The van der Waals surface area contributed by atoms with Gasteiger partial charge in [0.05, 0.1) is 0 Å². The predicted molar refractivity (Wildman–Crippen MR) is 74.4 cm³/mol. The lowest BCUT2D eigenvalue weighted by Crippen LogP contribution is -2.53. The second-order valence-electron chi connectivity index (χ2n) is 5.91. The van der Waals surface area contributed by atoms with Gasteiger partial charge in [-0.2, -0.15) is 0 Å². The summed E-state index contributed by atoms with van der Waals surface area (Å²) >= 11 is 0. The molecule has 0 spiro atoms. The summed E-state index contributed by atoms with van der Waals surface area (Å²) in [7, 11) is 0. The summed E-state index contributed by atoms with van der Waals surface area (Å²) in [6, 6.07) is 1.77. The summed E-state index contributed by atoms with van der Waals surface area (Å²) in [6.45, 7) is 10.0. The molecule has 2 saturated heterocycles. The second-order valence-corrected chi connectivity index (χ2v) is 5.91. The highest BCUT2D eigenvalue weighted by Crippen LogP contribution is 2.25. The van der Waals surface area contributed by atoms with Crippen molar-refractivity contribution in [1.82, 2.24) is 9.80 Å². The summed E-state index contributed by atoms with van der Waals surface area (Å²) in [4.78, 5) is 5.53. The first-order valence-electron chi connectivity index (χ1n) is 7.83. The fourth-order valence-electron chi connectivity index (χ4n) is 3.63. The number of nitrogens with zero attached hydrogens (tertiary/aromatic N) is 2. The van der Waals surface area contributed by atoms with Gasteiger partial charge in [0.25, 0.3) is 0 Å². The normalized spacial score (nSPS) is 28.2. The molecular weight excluding hydrogens is 208 g/mol. The van der Waals surface area contributed by atoms with Crippen LogP contribution in [0, 0.1) is 0 Å². The van der Waals surface area contributed by atoms with Gasteiger partial charge in [-0.3, -0.25) is 9.80 Å². The summed E-state index contributed by atoms with van der Waals surface area (Å²) in [5.41, 5.74) is 0. The molecule has 0 bridgehead atoms. The Morgan fingerprint density at radius 2 is 1.94 bits per heavy atom. The van der Waals surface area contributed by atoms with Crippen molar-refractivity contribution in [3.05, 3.63) is 0 Å². The number of piperazine rings is 1. The zero-order valence-corrected chi connectivity index (χ0v) is 11.8. The molecule has 2 heterocycles. The van der Waals surface area contributed by atoms with E-state index in [0.29, 0.717) is 0 Å². The highest BCUT2D eigenvalue weighted by Gasteiger charge is 2.32. The third-order valence-electron chi connectivity index (χ3n) is 4.65. The van der Waals surface area contributed by atoms with Crippen molar-refractivity contribution in [2.24, 2.45) is 0 Å². The van der Waals surface area contributed by atoms with E-state index in [4.69, 9.17) is 0 Å². The Balaban J connectivity index is 1.85. The predicted octanol–water partition coefficient (Wildman–Crippen LogP) is 3.13. The first-order chi connectivity index (χ1) is 8.35. The molecule has 2 aliphatic rings. The van der Waals surface area contributed by atoms with Crippen LogP contribution in [0.4, 0.5) is 0 Å². The summed E-state index contributed by atoms with van der Waals surface area (Å²) in [6.07, 6.45) is 9.83. The van der Waals surface area contributed by atoms with Gasteiger partial charge in [-0.1, -0.05) is 33.1 Å². The van der Waals surface area contributed by atoms with Gasteiger partial charge in [0.1, 0.15) is 0 Å². The van der Waals surface area contributed by atoms with Gasteiger partial charge >= 0.3 is 0 Å². The maximum Gasteiger partial charge on any atom is 0.0224 e. The summed E-state index contributed by atoms with van der Waals surface area (Å²) in [5.74, 6) is 0. The molecule has 0 radical (unpaired) electrons. The van der Waals surface area contributed by atoms with Gasteiger partial charge in [-0.15, -0.1) is 0 Å². The maximum absolute atomic E-state index is 2.81. The Morgan fingerprint density at radius 3 is 2.71 bits per heavy atom. The first-order valence-corrected chi connectivity index (χ1v) is 7.83. The molecule has 0 N–H and O–H groups in total. The van der Waals surface area contributed by atoms with Crippen LogP contribution in [0.1, 0.15) is 58.8 Å². The van der Waals surface area contributed by atoms with Crippen LogP contribution in [0.2, 0.25) is 0 Å². The minimum Gasteiger partial charge on any atom is -0.298 e. The lowest BCUT2D eigenvalue weighted by atomic mass is 10.0. The second kappa shape index (κ2) is 6.75. The molecule has 0 aromatic heterocycles.